The van der Waals surface area contributed by atoms with Crippen LogP contribution < -0.4 is 4.74 Å². The normalized spacial score (nSPS) is 10.3. The van der Waals surface area contributed by atoms with Gasteiger partial charge in [0, 0.05) is 24.8 Å². The van der Waals surface area contributed by atoms with Crippen LogP contribution in [0.15, 0.2) is 36.4 Å². The first-order valence-electron chi connectivity index (χ1n) is 6.84. The Kier molecular flexibility index (Phi) is 4.58. The van der Waals surface area contributed by atoms with Crippen molar-refractivity contribution in [2.75, 3.05) is 14.2 Å². The third kappa shape index (κ3) is 3.60. The van der Waals surface area contributed by atoms with Crippen molar-refractivity contribution in [2.24, 2.45) is 0 Å². The topological polar surface area (TPSA) is 42.4 Å². The number of benzene rings is 1. The molecule has 21 heavy (non-hydrogen) atoms. The first-order chi connectivity index (χ1) is 10.0. The first kappa shape index (κ1) is 15.0. The summed E-state index contributed by atoms with van der Waals surface area (Å²) in [5.41, 5.74) is 3.42. The molecule has 0 atom stereocenters. The highest BCUT2D eigenvalue weighted by molar-refractivity contribution is 5.92. The Morgan fingerprint density at radius 2 is 2.00 bits per heavy atom. The fourth-order valence-electron chi connectivity index (χ4n) is 2.22. The fourth-order valence-corrected chi connectivity index (χ4v) is 2.22. The Morgan fingerprint density at radius 3 is 2.67 bits per heavy atom. The monoisotopic (exact) mass is 284 g/mol. The molecule has 0 aliphatic carbocycles. The number of rotatable bonds is 4. The molecule has 0 fully saturated rings. The lowest BCUT2D eigenvalue weighted by molar-refractivity contribution is 0.0778. The molecule has 0 N–H and O–H groups in total. The van der Waals surface area contributed by atoms with Crippen LogP contribution in [-0.4, -0.2) is 29.9 Å². The Morgan fingerprint density at radius 1 is 1.24 bits per heavy atom. The minimum atomic E-state index is -0.0951. The Labute approximate surface area is 125 Å². The average molecular weight is 284 g/mol. The number of hydrogen-bond acceptors (Lipinski definition) is 3. The zero-order valence-corrected chi connectivity index (χ0v) is 12.9. The number of ether oxygens (including phenoxy) is 1. The predicted octanol–water partition coefficient (Wildman–Crippen LogP) is 2.98. The van der Waals surface area contributed by atoms with Crippen molar-refractivity contribution in [1.82, 2.24) is 9.88 Å². The number of amides is 1. The van der Waals surface area contributed by atoms with Crippen LogP contribution in [0.25, 0.3) is 0 Å². The van der Waals surface area contributed by atoms with Gasteiger partial charge in [0.25, 0.3) is 5.91 Å². The summed E-state index contributed by atoms with van der Waals surface area (Å²) in [4.78, 5) is 18.3. The molecule has 110 valence electrons. The molecule has 4 heteroatoms. The quantitative estimate of drug-likeness (QED) is 0.867. The van der Waals surface area contributed by atoms with Crippen LogP contribution in [-0.2, 0) is 6.54 Å². The number of aryl methyl sites for hydroxylation is 2. The summed E-state index contributed by atoms with van der Waals surface area (Å²) in [6.07, 6.45) is 0. The molecule has 0 saturated heterocycles. The highest BCUT2D eigenvalue weighted by Gasteiger charge is 2.15. The average Bonchev–Trinajstić information content (AvgIpc) is 2.46. The van der Waals surface area contributed by atoms with Gasteiger partial charge >= 0.3 is 0 Å². The Bertz CT molecular complexity index is 653. The number of pyridine rings is 1. The maximum absolute atomic E-state index is 12.4. The third-order valence-corrected chi connectivity index (χ3v) is 3.30. The Balaban J connectivity index is 2.19. The number of nitrogens with zero attached hydrogens (tertiary/aromatic N) is 2. The molecule has 4 nitrogen and oxygen atoms in total. The number of carbonyl (C=O) groups excluding carboxylic acids is 1. The van der Waals surface area contributed by atoms with E-state index in [-0.39, 0.29) is 5.91 Å². The molecule has 0 saturated carbocycles. The van der Waals surface area contributed by atoms with Gasteiger partial charge in [-0.05, 0) is 32.0 Å². The second kappa shape index (κ2) is 6.39. The van der Waals surface area contributed by atoms with Crippen molar-refractivity contribution in [1.29, 1.82) is 0 Å². The van der Waals surface area contributed by atoms with Gasteiger partial charge in [0.05, 0.1) is 7.11 Å². The van der Waals surface area contributed by atoms with E-state index in [1.54, 1.807) is 25.1 Å². The van der Waals surface area contributed by atoms with Crippen LogP contribution in [0.5, 0.6) is 5.75 Å². The molecule has 1 heterocycles. The highest BCUT2D eigenvalue weighted by atomic mass is 16.5. The summed E-state index contributed by atoms with van der Waals surface area (Å²) in [5.74, 6) is 0.694. The molecule has 0 bridgehead atoms. The molecule has 0 aliphatic rings. The largest absolute Gasteiger partial charge is 0.496 e. The molecule has 0 radical (unpaired) electrons. The molecule has 2 aromatic rings. The van der Waals surface area contributed by atoms with E-state index in [1.807, 2.05) is 44.2 Å². The van der Waals surface area contributed by atoms with Gasteiger partial charge in [0.1, 0.15) is 11.4 Å². The smallest absolute Gasteiger partial charge is 0.272 e. The minimum Gasteiger partial charge on any atom is -0.496 e. The van der Waals surface area contributed by atoms with Crippen molar-refractivity contribution in [3.05, 3.63) is 58.9 Å². The summed E-state index contributed by atoms with van der Waals surface area (Å²) in [7, 11) is 3.41. The van der Waals surface area contributed by atoms with Crippen molar-refractivity contribution < 1.29 is 9.53 Å². The zero-order chi connectivity index (χ0) is 15.4. The lowest BCUT2D eigenvalue weighted by atomic mass is 10.1. The maximum atomic E-state index is 12.4. The van der Waals surface area contributed by atoms with E-state index in [4.69, 9.17) is 4.74 Å². The van der Waals surface area contributed by atoms with E-state index in [9.17, 15) is 4.79 Å². The SMILES string of the molecule is COc1ccc(C)cc1CN(C)C(=O)c1cccc(C)n1. The van der Waals surface area contributed by atoms with Gasteiger partial charge in [-0.2, -0.15) is 0 Å². The molecular formula is C17H20N2O2. The van der Waals surface area contributed by atoms with E-state index >= 15 is 0 Å². The molecule has 0 spiro atoms. The zero-order valence-electron chi connectivity index (χ0n) is 12.9. The van der Waals surface area contributed by atoms with Crippen LogP contribution in [0.2, 0.25) is 0 Å². The summed E-state index contributed by atoms with van der Waals surface area (Å²) in [6.45, 7) is 4.38. The second-order valence-corrected chi connectivity index (χ2v) is 5.14. The van der Waals surface area contributed by atoms with E-state index in [0.717, 1.165) is 22.6 Å². The number of methoxy groups -OCH3 is 1. The standard InChI is InChI=1S/C17H20N2O2/c1-12-8-9-16(21-4)14(10-12)11-19(3)17(20)15-7-5-6-13(2)18-15/h5-10H,11H2,1-4H3. The fraction of sp³-hybridized carbons (Fsp3) is 0.294. The molecular weight excluding hydrogens is 264 g/mol. The summed E-state index contributed by atoms with van der Waals surface area (Å²) >= 11 is 0. The lowest BCUT2D eigenvalue weighted by Gasteiger charge is -2.19. The van der Waals surface area contributed by atoms with Crippen LogP contribution >= 0.6 is 0 Å². The van der Waals surface area contributed by atoms with Gasteiger partial charge < -0.3 is 9.64 Å². The van der Waals surface area contributed by atoms with Crippen LogP contribution in [0, 0.1) is 13.8 Å². The number of carbonyl (C=O) groups is 1. The van der Waals surface area contributed by atoms with Crippen molar-refractivity contribution in [2.45, 2.75) is 20.4 Å². The van der Waals surface area contributed by atoms with Gasteiger partial charge in [0.15, 0.2) is 0 Å². The molecule has 2 rings (SSSR count). The third-order valence-electron chi connectivity index (χ3n) is 3.30. The van der Waals surface area contributed by atoms with Crippen molar-refractivity contribution in [3.63, 3.8) is 0 Å². The van der Waals surface area contributed by atoms with Gasteiger partial charge in [-0.3, -0.25) is 4.79 Å². The van der Waals surface area contributed by atoms with Crippen LogP contribution in [0.1, 0.15) is 27.3 Å². The lowest BCUT2D eigenvalue weighted by Crippen LogP contribution is -2.27. The van der Waals surface area contributed by atoms with Gasteiger partial charge in [0.2, 0.25) is 0 Å². The minimum absolute atomic E-state index is 0.0951. The van der Waals surface area contributed by atoms with Crippen molar-refractivity contribution in [3.8, 4) is 5.75 Å². The van der Waals surface area contributed by atoms with E-state index in [0.29, 0.717) is 12.2 Å². The second-order valence-electron chi connectivity index (χ2n) is 5.14. The Hall–Kier alpha value is -2.36. The van der Waals surface area contributed by atoms with Crippen LogP contribution in [0.3, 0.4) is 0 Å². The number of aromatic nitrogens is 1. The summed E-state index contributed by atoms with van der Waals surface area (Å²) in [6, 6.07) is 11.4. The summed E-state index contributed by atoms with van der Waals surface area (Å²) < 4.78 is 5.35. The predicted molar refractivity (Wildman–Crippen MR) is 82.5 cm³/mol. The van der Waals surface area contributed by atoms with Crippen molar-refractivity contribution >= 4 is 5.91 Å². The molecule has 0 aliphatic heterocycles. The van der Waals surface area contributed by atoms with Gasteiger partial charge in [-0.15, -0.1) is 0 Å². The van der Waals surface area contributed by atoms with E-state index < -0.39 is 0 Å². The molecule has 1 aromatic carbocycles. The van der Waals surface area contributed by atoms with E-state index in [1.165, 1.54) is 0 Å². The number of hydrogen-bond donors (Lipinski definition) is 0. The maximum Gasteiger partial charge on any atom is 0.272 e. The molecule has 1 aromatic heterocycles. The first-order valence-corrected chi connectivity index (χ1v) is 6.84. The highest BCUT2D eigenvalue weighted by Crippen LogP contribution is 2.21. The summed E-state index contributed by atoms with van der Waals surface area (Å²) in [5, 5.41) is 0. The molecule has 0 unspecified atom stereocenters. The van der Waals surface area contributed by atoms with Gasteiger partial charge in [-0.1, -0.05) is 23.8 Å². The van der Waals surface area contributed by atoms with E-state index in [2.05, 4.69) is 4.98 Å². The molecule has 1 amide bonds. The van der Waals surface area contributed by atoms with Crippen LogP contribution in [0.4, 0.5) is 0 Å². The van der Waals surface area contributed by atoms with Gasteiger partial charge in [-0.25, -0.2) is 4.98 Å².